The Bertz CT molecular complexity index is 975. The van der Waals surface area contributed by atoms with Gasteiger partial charge in [0, 0.05) is 25.4 Å². The first-order chi connectivity index (χ1) is 13.9. The Kier molecular flexibility index (Phi) is 4.93. The molecule has 0 saturated carbocycles. The van der Waals surface area contributed by atoms with Crippen molar-refractivity contribution in [3.05, 3.63) is 83.6 Å². The molecular formula is C20H17F3N4O2. The van der Waals surface area contributed by atoms with Crippen molar-refractivity contribution in [2.45, 2.75) is 24.8 Å². The zero-order chi connectivity index (χ0) is 20.6. The van der Waals surface area contributed by atoms with Crippen LogP contribution in [0.5, 0.6) is 0 Å². The van der Waals surface area contributed by atoms with Crippen molar-refractivity contribution < 1.29 is 23.2 Å². The number of fused-ring (bicyclic) bond motifs is 1. The number of carbonyl (C=O) groups excluding carboxylic acids is 1. The molecule has 150 valence electrons. The molecule has 2 aromatic rings. The number of ketones is 1. The molecule has 2 atom stereocenters. The number of benzene rings is 1. The van der Waals surface area contributed by atoms with E-state index in [9.17, 15) is 23.2 Å². The third kappa shape index (κ3) is 3.66. The van der Waals surface area contributed by atoms with Crippen LogP contribution in [0.15, 0.2) is 66.9 Å². The lowest BCUT2D eigenvalue weighted by Crippen LogP contribution is -2.57. The van der Waals surface area contributed by atoms with Gasteiger partial charge in [0.25, 0.3) is 0 Å². The van der Waals surface area contributed by atoms with Gasteiger partial charge in [0.1, 0.15) is 18.5 Å². The number of carbonyl (C=O) groups is 1. The van der Waals surface area contributed by atoms with Crippen molar-refractivity contribution in [3.63, 3.8) is 0 Å². The summed E-state index contributed by atoms with van der Waals surface area (Å²) in [5.74, 6) is -0.461. The number of halogens is 3. The van der Waals surface area contributed by atoms with Crippen molar-refractivity contribution in [2.24, 2.45) is 0 Å². The summed E-state index contributed by atoms with van der Waals surface area (Å²) in [7, 11) is 0. The molecule has 6 nitrogen and oxygen atoms in total. The predicted molar refractivity (Wildman–Crippen MR) is 96.3 cm³/mol. The van der Waals surface area contributed by atoms with E-state index in [-0.39, 0.29) is 12.0 Å². The zero-order valence-electron chi connectivity index (χ0n) is 15.1. The molecule has 2 aliphatic heterocycles. The molecule has 1 N–H and O–H groups in total. The Morgan fingerprint density at radius 3 is 2.69 bits per heavy atom. The summed E-state index contributed by atoms with van der Waals surface area (Å²) >= 11 is 0. The van der Waals surface area contributed by atoms with E-state index in [2.05, 4.69) is 9.97 Å². The fourth-order valence-corrected chi connectivity index (χ4v) is 3.65. The summed E-state index contributed by atoms with van der Waals surface area (Å²) in [6, 6.07) is 3.25. The van der Waals surface area contributed by atoms with Crippen LogP contribution >= 0.6 is 0 Å². The van der Waals surface area contributed by atoms with Gasteiger partial charge in [0.05, 0.1) is 11.3 Å². The average molecular weight is 402 g/mol. The second-order valence-electron chi connectivity index (χ2n) is 6.83. The molecular weight excluding hydrogens is 385 g/mol. The van der Waals surface area contributed by atoms with E-state index >= 15 is 0 Å². The number of Topliss-reactive ketones (excluding diaryl/α,β-unsaturated/α-hetero) is 1. The van der Waals surface area contributed by atoms with Gasteiger partial charge < -0.3 is 10.1 Å². The van der Waals surface area contributed by atoms with E-state index in [1.54, 1.807) is 29.4 Å². The number of hydroxylamine groups is 2. The van der Waals surface area contributed by atoms with Gasteiger partial charge in [-0.2, -0.15) is 18.2 Å². The monoisotopic (exact) mass is 402 g/mol. The molecule has 0 radical (unpaired) electrons. The van der Waals surface area contributed by atoms with Gasteiger partial charge >= 0.3 is 6.18 Å². The largest absolute Gasteiger partial charge is 0.416 e. The van der Waals surface area contributed by atoms with Crippen LogP contribution in [-0.2, 0) is 17.4 Å². The second-order valence-corrected chi connectivity index (χ2v) is 6.83. The van der Waals surface area contributed by atoms with Gasteiger partial charge in [-0.15, -0.1) is 0 Å². The Labute approximate surface area is 164 Å². The quantitative estimate of drug-likeness (QED) is 0.851. The molecule has 3 heterocycles. The Hall–Kier alpha value is -3.04. The minimum absolute atomic E-state index is 0.0803. The maximum absolute atomic E-state index is 13.2. The Morgan fingerprint density at radius 1 is 1.21 bits per heavy atom. The molecule has 9 heteroatoms. The standard InChI is InChI=1S/C20H17F3N4O2/c21-20(22,23)15-5-3-4-14(9-15)18-19(28)16-6-1-2-7-26(16)17(27(18)29)8-13-10-24-12-25-11-13/h1-6,9-12,17-18,29H,7-8H2. The summed E-state index contributed by atoms with van der Waals surface area (Å²) < 4.78 is 39.5. The number of aromatic nitrogens is 2. The minimum atomic E-state index is -4.55. The highest BCUT2D eigenvalue weighted by atomic mass is 19.4. The third-order valence-electron chi connectivity index (χ3n) is 4.99. The third-order valence-corrected chi connectivity index (χ3v) is 4.99. The van der Waals surface area contributed by atoms with Gasteiger partial charge in [-0.25, -0.2) is 9.97 Å². The molecule has 0 aliphatic carbocycles. The van der Waals surface area contributed by atoms with Crippen molar-refractivity contribution in [1.29, 1.82) is 0 Å². The van der Waals surface area contributed by atoms with E-state index in [1.165, 1.54) is 18.5 Å². The lowest BCUT2D eigenvalue weighted by Gasteiger charge is -2.47. The predicted octanol–water partition coefficient (Wildman–Crippen LogP) is 3.13. The van der Waals surface area contributed by atoms with E-state index < -0.39 is 29.7 Å². The van der Waals surface area contributed by atoms with Crippen LogP contribution in [0.1, 0.15) is 22.7 Å². The van der Waals surface area contributed by atoms with Crippen LogP contribution in [-0.4, -0.2) is 43.6 Å². The summed E-state index contributed by atoms with van der Waals surface area (Å²) in [4.78, 5) is 22.7. The van der Waals surface area contributed by atoms with Gasteiger partial charge in [-0.3, -0.25) is 4.79 Å². The zero-order valence-corrected chi connectivity index (χ0v) is 15.1. The summed E-state index contributed by atoms with van der Waals surface area (Å²) in [6.07, 6.45) is 4.82. The molecule has 1 aromatic heterocycles. The maximum atomic E-state index is 13.2. The van der Waals surface area contributed by atoms with E-state index in [0.717, 1.165) is 22.8 Å². The Morgan fingerprint density at radius 2 is 1.97 bits per heavy atom. The van der Waals surface area contributed by atoms with Gasteiger partial charge in [0.2, 0.25) is 5.78 Å². The van der Waals surface area contributed by atoms with Crippen LogP contribution in [0, 0.1) is 0 Å². The van der Waals surface area contributed by atoms with Gasteiger partial charge in [-0.1, -0.05) is 24.3 Å². The highest BCUT2D eigenvalue weighted by Crippen LogP contribution is 2.38. The maximum Gasteiger partial charge on any atom is 0.416 e. The molecule has 29 heavy (non-hydrogen) atoms. The minimum Gasteiger partial charge on any atom is -0.347 e. The molecule has 2 unspecified atom stereocenters. The molecule has 0 amide bonds. The average Bonchev–Trinajstić information content (AvgIpc) is 2.72. The fourth-order valence-electron chi connectivity index (χ4n) is 3.65. The fraction of sp³-hybridized carbons (Fsp3) is 0.250. The lowest BCUT2D eigenvalue weighted by molar-refractivity contribution is -0.209. The summed E-state index contributed by atoms with van der Waals surface area (Å²) in [5, 5.41) is 11.8. The number of hydrogen-bond acceptors (Lipinski definition) is 6. The van der Waals surface area contributed by atoms with Crippen molar-refractivity contribution in [1.82, 2.24) is 19.9 Å². The van der Waals surface area contributed by atoms with Gasteiger partial charge in [-0.05, 0) is 29.3 Å². The van der Waals surface area contributed by atoms with Crippen molar-refractivity contribution >= 4 is 5.78 Å². The van der Waals surface area contributed by atoms with Crippen LogP contribution < -0.4 is 0 Å². The van der Waals surface area contributed by atoms with E-state index in [0.29, 0.717) is 12.2 Å². The van der Waals surface area contributed by atoms with Crippen molar-refractivity contribution in [3.8, 4) is 0 Å². The molecule has 1 fully saturated rings. The first kappa shape index (κ1) is 19.3. The topological polar surface area (TPSA) is 69.6 Å². The summed E-state index contributed by atoms with van der Waals surface area (Å²) in [6.45, 7) is 0.391. The van der Waals surface area contributed by atoms with E-state index in [1.807, 2.05) is 6.08 Å². The van der Waals surface area contributed by atoms with E-state index in [4.69, 9.17) is 0 Å². The number of nitrogens with zero attached hydrogens (tertiary/aromatic N) is 4. The Balaban J connectivity index is 1.75. The SMILES string of the molecule is O=C1C2=CC=CCN2C(Cc2cncnc2)N(O)C1c1cccc(C(F)(F)F)c1. The highest BCUT2D eigenvalue weighted by molar-refractivity contribution is 6.00. The second kappa shape index (κ2) is 7.41. The number of rotatable bonds is 3. The van der Waals surface area contributed by atoms with Crippen LogP contribution in [0.4, 0.5) is 13.2 Å². The van der Waals surface area contributed by atoms with Crippen molar-refractivity contribution in [2.75, 3.05) is 6.54 Å². The smallest absolute Gasteiger partial charge is 0.347 e. The van der Waals surface area contributed by atoms with Gasteiger partial charge in [0.15, 0.2) is 0 Å². The number of hydrogen-bond donors (Lipinski definition) is 1. The number of allylic oxidation sites excluding steroid dienone is 2. The molecule has 1 aromatic carbocycles. The molecule has 1 saturated heterocycles. The molecule has 0 bridgehead atoms. The summed E-state index contributed by atoms with van der Waals surface area (Å²) in [5.41, 5.74) is 0.283. The number of alkyl halides is 3. The molecule has 0 spiro atoms. The first-order valence-corrected chi connectivity index (χ1v) is 8.92. The van der Waals surface area contributed by atoms with Crippen LogP contribution in [0.3, 0.4) is 0 Å². The first-order valence-electron chi connectivity index (χ1n) is 8.92. The van der Waals surface area contributed by atoms with Crippen LogP contribution in [0.2, 0.25) is 0 Å². The normalized spacial score (nSPS) is 22.4. The van der Waals surface area contributed by atoms with Crippen LogP contribution in [0.25, 0.3) is 0 Å². The molecule has 4 rings (SSSR count). The highest BCUT2D eigenvalue weighted by Gasteiger charge is 2.45. The lowest BCUT2D eigenvalue weighted by atomic mass is 9.92. The molecule has 2 aliphatic rings.